The van der Waals surface area contributed by atoms with Gasteiger partial charge in [-0.25, -0.2) is 19.9 Å². The average Bonchev–Trinajstić information content (AvgIpc) is 4.02. The molecule has 4 atom stereocenters. The number of rotatable bonds is 7. The molecule has 0 amide bonds. The number of hydrogen-bond acceptors (Lipinski definition) is 10. The summed E-state index contributed by atoms with van der Waals surface area (Å²) in [6.45, 7) is 4.35. The van der Waals surface area contributed by atoms with Gasteiger partial charge in [-0.3, -0.25) is 24.4 Å². The maximum atomic E-state index is 11.5. The van der Waals surface area contributed by atoms with E-state index in [-0.39, 0.29) is 12.1 Å². The fraction of sp³-hybridized carbons (Fsp3) is 0.500. The van der Waals surface area contributed by atoms with Crippen LogP contribution >= 0.6 is 46.4 Å². The highest BCUT2D eigenvalue weighted by Gasteiger charge is 2.32. The van der Waals surface area contributed by atoms with E-state index in [9.17, 15) is 9.90 Å². The minimum Gasteiger partial charge on any atom is -0.384 e. The van der Waals surface area contributed by atoms with Crippen molar-refractivity contribution < 1.29 is 9.90 Å². The molecule has 0 radical (unpaired) electrons. The monoisotopic (exact) mass is 840 g/mol. The zero-order valence-electron chi connectivity index (χ0n) is 32.6. The minimum atomic E-state index is -0.825. The predicted molar refractivity (Wildman–Crippen MR) is 225 cm³/mol. The van der Waals surface area contributed by atoms with Crippen LogP contribution in [-0.4, -0.2) is 105 Å². The molecule has 14 heteroatoms. The average molecular weight is 843 g/mol. The molecule has 0 spiro atoms. The van der Waals surface area contributed by atoms with E-state index in [1.165, 1.54) is 31.4 Å². The van der Waals surface area contributed by atoms with Crippen molar-refractivity contribution in [3.8, 4) is 0 Å². The molecule has 0 aliphatic carbocycles. The lowest BCUT2D eigenvalue weighted by Gasteiger charge is -2.27. The van der Waals surface area contributed by atoms with Crippen LogP contribution in [0, 0.1) is 0 Å². The van der Waals surface area contributed by atoms with Crippen molar-refractivity contribution in [3.63, 3.8) is 0 Å². The summed E-state index contributed by atoms with van der Waals surface area (Å²) >= 11 is 23.9. The SMILES string of the molecule is CN1CCC[C@H]1c1ccc(Cl)nc1.CN1CCC[C@H]1c1cnc(Cl)cc1C(O)c1cc(Cl)ncc1[C@@H]1CCCN1C.CN1CCC[C@H]1c1cnc(Cl)cc1C=O. The number of carbonyl (C=O) groups is 1. The van der Waals surface area contributed by atoms with Crippen LogP contribution in [0.25, 0.3) is 0 Å². The van der Waals surface area contributed by atoms with Crippen LogP contribution in [-0.2, 0) is 0 Å². The van der Waals surface area contributed by atoms with Gasteiger partial charge in [0.25, 0.3) is 0 Å². The summed E-state index contributed by atoms with van der Waals surface area (Å²) in [5, 5.41) is 13.2. The van der Waals surface area contributed by atoms with Crippen molar-refractivity contribution in [2.45, 2.75) is 81.6 Å². The molecule has 56 heavy (non-hydrogen) atoms. The maximum Gasteiger partial charge on any atom is 0.150 e. The predicted octanol–water partition coefficient (Wildman–Crippen LogP) is 9.21. The Morgan fingerprint density at radius 3 is 1.36 bits per heavy atom. The van der Waals surface area contributed by atoms with Crippen molar-refractivity contribution in [3.05, 3.63) is 115 Å². The molecule has 300 valence electrons. The van der Waals surface area contributed by atoms with Gasteiger partial charge < -0.3 is 5.11 Å². The topological polar surface area (TPSA) is 102 Å². The van der Waals surface area contributed by atoms with E-state index in [0.717, 1.165) is 85.8 Å². The standard InChI is InChI=1S/C21H26Cl2N4O.C11H13ClN2O.C10H13ClN2/c1-26-7-3-5-17(26)15-11-24-19(22)9-13(15)21(28)14-10-20(23)25-12-16(14)18-6-4-8-27(18)2;1-14-4-2-3-10(14)9-6-13-11(12)5-8(9)7-15;1-13-6-2-3-9(13)8-4-5-10(11)12-7-8/h9-12,17-18,21,28H,3-8H2,1-2H3;5-7,10H,2-4H2,1H3;4-5,7,9H,2-3,6H2,1H3/t17-,18-;10-;9-/m000/s1. The third-order valence-electron chi connectivity index (χ3n) is 11.8. The number of halogens is 4. The number of pyridine rings is 4. The lowest BCUT2D eigenvalue weighted by molar-refractivity contribution is 0.112. The van der Waals surface area contributed by atoms with Gasteiger partial charge in [0.15, 0.2) is 6.29 Å². The quantitative estimate of drug-likeness (QED) is 0.143. The van der Waals surface area contributed by atoms with Crippen LogP contribution in [0.1, 0.15) is 125 Å². The van der Waals surface area contributed by atoms with Crippen molar-refractivity contribution in [2.24, 2.45) is 0 Å². The molecule has 4 aliphatic heterocycles. The summed E-state index contributed by atoms with van der Waals surface area (Å²) in [4.78, 5) is 36.9. The molecule has 4 fully saturated rings. The van der Waals surface area contributed by atoms with Crippen molar-refractivity contribution in [1.29, 1.82) is 0 Å². The lowest BCUT2D eigenvalue weighted by Crippen LogP contribution is -2.22. The van der Waals surface area contributed by atoms with Gasteiger partial charge in [0, 0.05) is 54.5 Å². The summed E-state index contributed by atoms with van der Waals surface area (Å²) in [6.07, 6.45) is 16.4. The Bertz CT molecular complexity index is 1870. The first-order valence-corrected chi connectivity index (χ1v) is 21.0. The van der Waals surface area contributed by atoms with Gasteiger partial charge in [0.05, 0.1) is 0 Å². The second kappa shape index (κ2) is 19.8. The van der Waals surface area contributed by atoms with E-state index in [1.807, 2.05) is 24.7 Å². The third-order valence-corrected chi connectivity index (χ3v) is 12.7. The van der Waals surface area contributed by atoms with Crippen LogP contribution in [0.15, 0.2) is 55.1 Å². The van der Waals surface area contributed by atoms with Gasteiger partial charge in [0.2, 0.25) is 0 Å². The van der Waals surface area contributed by atoms with E-state index >= 15 is 0 Å². The number of aliphatic hydroxyl groups excluding tert-OH is 1. The smallest absolute Gasteiger partial charge is 0.150 e. The Hall–Kier alpha value is -2.77. The second-order valence-corrected chi connectivity index (χ2v) is 16.9. The van der Waals surface area contributed by atoms with Crippen molar-refractivity contribution in [2.75, 3.05) is 54.4 Å². The van der Waals surface area contributed by atoms with Crippen LogP contribution in [0.2, 0.25) is 20.6 Å². The van der Waals surface area contributed by atoms with Gasteiger partial charge in [-0.2, -0.15) is 0 Å². The minimum absolute atomic E-state index is 0.240. The fourth-order valence-electron chi connectivity index (χ4n) is 8.77. The van der Waals surface area contributed by atoms with Crippen LogP contribution in [0.4, 0.5) is 0 Å². The molecule has 4 aromatic heterocycles. The molecular weight excluding hydrogens is 790 g/mol. The number of nitrogens with zero attached hydrogens (tertiary/aromatic N) is 8. The van der Waals surface area contributed by atoms with Crippen LogP contribution in [0.5, 0.6) is 0 Å². The molecule has 0 saturated carbocycles. The van der Waals surface area contributed by atoms with E-state index in [1.54, 1.807) is 24.4 Å². The Morgan fingerprint density at radius 1 is 0.571 bits per heavy atom. The number of aldehydes is 1. The largest absolute Gasteiger partial charge is 0.384 e. The van der Waals surface area contributed by atoms with Crippen molar-refractivity contribution in [1.82, 2.24) is 39.5 Å². The highest BCUT2D eigenvalue weighted by atomic mass is 35.5. The molecule has 4 saturated heterocycles. The number of aliphatic hydroxyl groups is 1. The Kier molecular flexibility index (Phi) is 15.1. The summed E-state index contributed by atoms with van der Waals surface area (Å²) in [7, 11) is 8.46. The summed E-state index contributed by atoms with van der Waals surface area (Å²) in [5.41, 5.74) is 6.63. The zero-order valence-corrected chi connectivity index (χ0v) is 35.6. The highest BCUT2D eigenvalue weighted by Crippen LogP contribution is 2.41. The molecule has 4 aromatic rings. The third kappa shape index (κ3) is 10.3. The Morgan fingerprint density at radius 2 is 0.964 bits per heavy atom. The van der Waals surface area contributed by atoms with Crippen LogP contribution < -0.4 is 0 Å². The zero-order chi connectivity index (χ0) is 39.9. The molecule has 8 rings (SSSR count). The second-order valence-electron chi connectivity index (χ2n) is 15.4. The van der Waals surface area contributed by atoms with Gasteiger partial charge in [-0.1, -0.05) is 52.5 Å². The highest BCUT2D eigenvalue weighted by molar-refractivity contribution is 6.30. The molecule has 0 aromatic carbocycles. The molecule has 1 N–H and O–H groups in total. The Balaban J connectivity index is 0.000000159. The summed E-state index contributed by atoms with van der Waals surface area (Å²) in [5.74, 6) is 0. The van der Waals surface area contributed by atoms with Gasteiger partial charge >= 0.3 is 0 Å². The first kappa shape index (κ1) is 42.8. The van der Waals surface area contributed by atoms with E-state index < -0.39 is 6.10 Å². The molecule has 0 unspecified atom stereocenters. The van der Waals surface area contributed by atoms with Gasteiger partial charge in [-0.05, 0) is 163 Å². The first-order chi connectivity index (χ1) is 26.9. The number of hydrogen-bond donors (Lipinski definition) is 1. The molecule has 8 heterocycles. The summed E-state index contributed by atoms with van der Waals surface area (Å²) < 4.78 is 0. The van der Waals surface area contributed by atoms with Crippen LogP contribution in [0.3, 0.4) is 0 Å². The first-order valence-electron chi connectivity index (χ1n) is 19.5. The lowest BCUT2D eigenvalue weighted by atomic mass is 9.90. The number of likely N-dealkylation sites (tertiary alicyclic amines) is 4. The van der Waals surface area contributed by atoms with E-state index in [2.05, 4.69) is 73.8 Å². The maximum absolute atomic E-state index is 11.5. The fourth-order valence-corrected chi connectivity index (χ4v) is 9.38. The van der Waals surface area contributed by atoms with E-state index in [0.29, 0.717) is 38.3 Å². The normalized spacial score (nSPS) is 23.2. The van der Waals surface area contributed by atoms with E-state index in [4.69, 9.17) is 46.4 Å². The number of aromatic nitrogens is 4. The number of carbonyl (C=O) groups excluding carboxylic acids is 1. The molecule has 4 aliphatic rings. The molecule has 10 nitrogen and oxygen atoms in total. The Labute approximate surface area is 351 Å². The van der Waals surface area contributed by atoms with Crippen molar-refractivity contribution >= 4 is 52.7 Å². The molecular formula is C42H52Cl4N8O2. The molecule has 0 bridgehead atoms. The van der Waals surface area contributed by atoms with Gasteiger partial charge in [0.1, 0.15) is 26.7 Å². The summed E-state index contributed by atoms with van der Waals surface area (Å²) in [6, 6.07) is 10.5. The van der Waals surface area contributed by atoms with Gasteiger partial charge in [-0.15, -0.1) is 0 Å².